The standard InChI is InChI=1S/C48H62N4O10/c1-8-44(56)24-30-25-47(42(54)59-6,38-32(16-20-50(26-30)27-44)31-14-11-12-15-35(31)49-38)34-22-33-36(23-37(34)58-5)52(28-61-10-3)40-46(33)18-21-51-19-13-17-45(9-2,39(46)51)41(62-29(4)53)48(40,57)43(55)60-7/h11-15,17,22-23,30,39-41,49,56-57H,8-10,16,18-21,24-28H2,1-7H3. The number of rotatable bonds is 10. The summed E-state index contributed by atoms with van der Waals surface area (Å²) in [6.07, 6.45) is 5.75. The first-order chi connectivity index (χ1) is 29.8. The molecule has 1 aromatic heterocycles. The molecule has 10 unspecified atom stereocenters. The largest absolute Gasteiger partial charge is 0.496 e. The van der Waals surface area contributed by atoms with Gasteiger partial charge in [0.05, 0.1) is 33.0 Å². The van der Waals surface area contributed by atoms with E-state index in [-0.39, 0.29) is 18.7 Å². The minimum absolute atomic E-state index is 0.00594. The number of hydrogen-bond acceptors (Lipinski definition) is 13. The van der Waals surface area contributed by atoms with Crippen LogP contribution in [0.15, 0.2) is 48.6 Å². The Morgan fingerprint density at radius 2 is 1.71 bits per heavy atom. The zero-order valence-corrected chi connectivity index (χ0v) is 37.1. The molecule has 0 radical (unpaired) electrons. The molecule has 1 saturated carbocycles. The first-order valence-corrected chi connectivity index (χ1v) is 22.4. The van der Waals surface area contributed by atoms with E-state index in [0.717, 1.165) is 27.7 Å². The lowest BCUT2D eigenvalue weighted by molar-refractivity contribution is -0.229. The van der Waals surface area contributed by atoms with Crippen molar-refractivity contribution in [2.75, 3.05) is 72.3 Å². The lowest BCUT2D eigenvalue weighted by Gasteiger charge is -2.63. The summed E-state index contributed by atoms with van der Waals surface area (Å²) in [5.74, 6) is -1.69. The Balaban J connectivity index is 1.38. The van der Waals surface area contributed by atoms with Crippen LogP contribution in [0.5, 0.6) is 5.75 Å². The third-order valence-electron chi connectivity index (χ3n) is 15.9. The maximum atomic E-state index is 15.4. The van der Waals surface area contributed by atoms with Crippen molar-refractivity contribution in [1.82, 2.24) is 14.8 Å². The van der Waals surface area contributed by atoms with E-state index in [2.05, 4.69) is 26.9 Å². The highest BCUT2D eigenvalue weighted by Crippen LogP contribution is 2.68. The van der Waals surface area contributed by atoms with Gasteiger partial charge in [-0.2, -0.15) is 0 Å². The number of aliphatic hydroxyl groups is 2. The van der Waals surface area contributed by atoms with E-state index in [0.29, 0.717) is 94.9 Å². The number of hydrogen-bond donors (Lipinski definition) is 3. The monoisotopic (exact) mass is 854 g/mol. The fourth-order valence-electron chi connectivity index (χ4n) is 13.7. The van der Waals surface area contributed by atoms with Gasteiger partial charge in [-0.25, -0.2) is 4.79 Å². The number of H-pyrrole nitrogens is 1. The summed E-state index contributed by atoms with van der Waals surface area (Å²) in [5.41, 5.74) is -2.06. The second kappa shape index (κ2) is 15.4. The second-order valence-corrected chi connectivity index (χ2v) is 18.7. The molecule has 334 valence electrons. The predicted octanol–water partition coefficient (Wildman–Crippen LogP) is 4.36. The number of carbonyl (C=O) groups is 3. The molecule has 2 saturated heterocycles. The van der Waals surface area contributed by atoms with E-state index in [1.165, 1.54) is 21.1 Å². The number of ether oxygens (including phenoxy) is 5. The fraction of sp³-hybridized carbons (Fsp3) is 0.604. The molecule has 62 heavy (non-hydrogen) atoms. The summed E-state index contributed by atoms with van der Waals surface area (Å²) in [4.78, 5) is 53.6. The number of fused-ring (bicyclic) bond motifs is 6. The Hall–Kier alpha value is -4.47. The number of nitrogens with zero attached hydrogens (tertiary/aromatic N) is 3. The topological polar surface area (TPSA) is 163 Å². The van der Waals surface area contributed by atoms with E-state index < -0.39 is 57.5 Å². The number of nitrogens with one attached hydrogen (secondary N) is 1. The summed E-state index contributed by atoms with van der Waals surface area (Å²) in [6, 6.07) is 10.8. The van der Waals surface area contributed by atoms with Crippen LogP contribution in [0.4, 0.5) is 5.69 Å². The van der Waals surface area contributed by atoms with Gasteiger partial charge in [-0.15, -0.1) is 0 Å². The van der Waals surface area contributed by atoms with Gasteiger partial charge in [0.15, 0.2) is 6.10 Å². The normalized spacial score (nSPS) is 35.8. The number of anilines is 1. The molecule has 5 aliphatic heterocycles. The van der Waals surface area contributed by atoms with Gasteiger partial charge in [-0.1, -0.05) is 44.2 Å². The van der Waals surface area contributed by atoms with Crippen LogP contribution in [0.3, 0.4) is 0 Å². The Bertz CT molecular complexity index is 2310. The smallest absolute Gasteiger partial charge is 0.344 e. The molecule has 3 fully saturated rings. The quantitative estimate of drug-likeness (QED) is 0.150. The summed E-state index contributed by atoms with van der Waals surface area (Å²) >= 11 is 0. The molecule has 6 aliphatic rings. The van der Waals surface area contributed by atoms with Crippen LogP contribution in [0, 0.1) is 11.3 Å². The molecule has 2 aromatic carbocycles. The molecule has 14 heteroatoms. The van der Waals surface area contributed by atoms with Crippen LogP contribution in [-0.4, -0.2) is 140 Å². The number of esters is 3. The zero-order valence-electron chi connectivity index (χ0n) is 37.1. The molecule has 6 heterocycles. The molecule has 14 nitrogen and oxygen atoms in total. The highest BCUT2D eigenvalue weighted by molar-refractivity contribution is 5.95. The SMILES string of the molecule is CCOCN1c2cc(OC)c(C3(C(=O)OC)CC4CN(CCc5c3[nH]c3ccccc53)CC(O)(CC)C4)cc2C23CCN4CC=CC(CC)(C(OC(C)=O)C(O)(C(=O)OC)C12)C43. The Morgan fingerprint density at radius 1 is 0.935 bits per heavy atom. The number of piperidine rings is 1. The molecule has 10 atom stereocenters. The fourth-order valence-corrected chi connectivity index (χ4v) is 13.7. The van der Waals surface area contributed by atoms with Crippen molar-refractivity contribution in [3.05, 3.63) is 70.9 Å². The van der Waals surface area contributed by atoms with Crippen LogP contribution in [0.25, 0.3) is 10.9 Å². The summed E-state index contributed by atoms with van der Waals surface area (Å²) in [5, 5.41) is 26.6. The number of carbonyl (C=O) groups excluding carboxylic acids is 3. The van der Waals surface area contributed by atoms with Gasteiger partial charge in [0.25, 0.3) is 0 Å². The van der Waals surface area contributed by atoms with Gasteiger partial charge in [-0.3, -0.25) is 19.4 Å². The van der Waals surface area contributed by atoms with Gasteiger partial charge in [0, 0.05) is 90.5 Å². The molecule has 2 bridgehead atoms. The molecule has 1 aliphatic carbocycles. The predicted molar refractivity (Wildman–Crippen MR) is 231 cm³/mol. The molecule has 3 N–H and O–H groups in total. The van der Waals surface area contributed by atoms with Gasteiger partial charge in [0.2, 0.25) is 5.60 Å². The van der Waals surface area contributed by atoms with E-state index in [1.54, 1.807) is 7.11 Å². The average molecular weight is 855 g/mol. The van der Waals surface area contributed by atoms with Crippen LogP contribution < -0.4 is 9.64 Å². The molecule has 1 spiro atoms. The number of benzene rings is 2. The van der Waals surface area contributed by atoms with Crippen LogP contribution in [0.2, 0.25) is 0 Å². The van der Waals surface area contributed by atoms with E-state index in [9.17, 15) is 19.8 Å². The highest BCUT2D eigenvalue weighted by atomic mass is 16.6. The highest BCUT2D eigenvalue weighted by Gasteiger charge is 2.81. The number of para-hydroxylation sites is 1. The first-order valence-electron chi connectivity index (χ1n) is 22.4. The molecule has 3 aromatic rings. The Kier molecular flexibility index (Phi) is 10.6. The second-order valence-electron chi connectivity index (χ2n) is 18.7. The third-order valence-corrected chi connectivity index (χ3v) is 15.9. The van der Waals surface area contributed by atoms with Gasteiger partial charge < -0.3 is 43.8 Å². The zero-order chi connectivity index (χ0) is 44.0. The molecular formula is C48H62N4O10. The van der Waals surface area contributed by atoms with Crippen molar-refractivity contribution in [3.63, 3.8) is 0 Å². The number of aromatic amines is 1. The lowest BCUT2D eigenvalue weighted by Crippen LogP contribution is -2.81. The van der Waals surface area contributed by atoms with Crippen LogP contribution in [0.1, 0.15) is 82.2 Å². The first kappa shape index (κ1) is 42.8. The van der Waals surface area contributed by atoms with E-state index in [4.69, 9.17) is 23.7 Å². The minimum Gasteiger partial charge on any atom is -0.496 e. The van der Waals surface area contributed by atoms with Crippen molar-refractivity contribution in [3.8, 4) is 5.75 Å². The third kappa shape index (κ3) is 5.75. The average Bonchev–Trinajstić information content (AvgIpc) is 3.95. The number of methoxy groups -OCH3 is 3. The maximum absolute atomic E-state index is 15.4. The number of aromatic nitrogens is 1. The van der Waals surface area contributed by atoms with Gasteiger partial charge in [-0.05, 0) is 81.2 Å². The van der Waals surface area contributed by atoms with Crippen molar-refractivity contribution >= 4 is 34.5 Å². The molecule has 0 amide bonds. The molecular weight excluding hydrogens is 793 g/mol. The van der Waals surface area contributed by atoms with Crippen molar-refractivity contribution in [2.45, 2.75) is 106 Å². The Labute approximate surface area is 363 Å². The summed E-state index contributed by atoms with van der Waals surface area (Å²) in [6.45, 7) is 10.7. The van der Waals surface area contributed by atoms with Crippen molar-refractivity contribution < 1.29 is 48.3 Å². The van der Waals surface area contributed by atoms with Gasteiger partial charge in [0.1, 0.15) is 17.9 Å². The van der Waals surface area contributed by atoms with Gasteiger partial charge >= 0.3 is 17.9 Å². The summed E-state index contributed by atoms with van der Waals surface area (Å²) in [7, 11) is 4.27. The van der Waals surface area contributed by atoms with Crippen molar-refractivity contribution in [1.29, 1.82) is 0 Å². The van der Waals surface area contributed by atoms with Crippen LogP contribution in [-0.2, 0) is 50.6 Å². The summed E-state index contributed by atoms with van der Waals surface area (Å²) < 4.78 is 30.4. The lowest BCUT2D eigenvalue weighted by atomic mass is 9.47. The molecule has 9 rings (SSSR count). The maximum Gasteiger partial charge on any atom is 0.344 e. The minimum atomic E-state index is -2.38. The van der Waals surface area contributed by atoms with Crippen LogP contribution >= 0.6 is 0 Å². The van der Waals surface area contributed by atoms with E-state index in [1.807, 2.05) is 62.1 Å². The van der Waals surface area contributed by atoms with Crippen molar-refractivity contribution in [2.24, 2.45) is 11.3 Å². The Morgan fingerprint density at radius 3 is 2.40 bits per heavy atom. The van der Waals surface area contributed by atoms with E-state index >= 15 is 4.79 Å².